The van der Waals surface area contributed by atoms with Gasteiger partial charge in [0.2, 0.25) is 0 Å². The van der Waals surface area contributed by atoms with E-state index in [1.807, 2.05) is 4.68 Å². The van der Waals surface area contributed by atoms with Crippen LogP contribution in [0.25, 0.3) is 0 Å². The molecule has 13 heavy (non-hydrogen) atoms. The Morgan fingerprint density at radius 1 is 1.38 bits per heavy atom. The van der Waals surface area contributed by atoms with Crippen molar-refractivity contribution in [3.8, 4) is 0 Å². The summed E-state index contributed by atoms with van der Waals surface area (Å²) in [6.07, 6.45) is 8.66. The molecule has 0 amide bonds. The van der Waals surface area contributed by atoms with Crippen molar-refractivity contribution in [1.82, 2.24) is 20.1 Å². The average molecular weight is 180 g/mol. The summed E-state index contributed by atoms with van der Waals surface area (Å²) in [5, 5.41) is 7.64. The molecule has 4 heteroatoms. The third-order valence-corrected chi connectivity index (χ3v) is 2.54. The van der Waals surface area contributed by atoms with Gasteiger partial charge in [0.1, 0.15) is 12.7 Å². The Morgan fingerprint density at radius 2 is 2.38 bits per heavy atom. The van der Waals surface area contributed by atoms with Crippen molar-refractivity contribution in [2.45, 2.75) is 38.3 Å². The van der Waals surface area contributed by atoms with E-state index in [4.69, 9.17) is 0 Å². The van der Waals surface area contributed by atoms with Crippen LogP contribution in [-0.4, -0.2) is 27.4 Å². The normalized spacial score (nSPS) is 24.2. The van der Waals surface area contributed by atoms with Gasteiger partial charge in [-0.2, -0.15) is 5.10 Å². The second-order valence-electron chi connectivity index (χ2n) is 3.62. The maximum atomic E-state index is 4.11. The molecule has 1 aliphatic rings. The van der Waals surface area contributed by atoms with E-state index in [2.05, 4.69) is 15.4 Å². The molecule has 1 fully saturated rings. The highest BCUT2D eigenvalue weighted by Crippen LogP contribution is 2.09. The predicted molar refractivity (Wildman–Crippen MR) is 50.3 cm³/mol. The van der Waals surface area contributed by atoms with Crippen molar-refractivity contribution < 1.29 is 0 Å². The molecule has 1 aromatic rings. The number of aromatic nitrogens is 3. The van der Waals surface area contributed by atoms with E-state index in [9.17, 15) is 0 Å². The molecule has 0 bridgehead atoms. The van der Waals surface area contributed by atoms with Crippen LogP contribution in [0.15, 0.2) is 12.7 Å². The topological polar surface area (TPSA) is 42.7 Å². The average Bonchev–Trinajstić information content (AvgIpc) is 2.49. The molecule has 0 radical (unpaired) electrons. The van der Waals surface area contributed by atoms with E-state index in [1.165, 1.54) is 25.7 Å². The van der Waals surface area contributed by atoms with Gasteiger partial charge in [0.15, 0.2) is 0 Å². The van der Waals surface area contributed by atoms with E-state index in [0.717, 1.165) is 13.1 Å². The smallest absolute Gasteiger partial charge is 0.137 e. The first-order valence-corrected chi connectivity index (χ1v) is 5.01. The van der Waals surface area contributed by atoms with E-state index in [-0.39, 0.29) is 0 Å². The highest BCUT2D eigenvalue weighted by atomic mass is 15.3. The fourth-order valence-electron chi connectivity index (χ4n) is 1.81. The van der Waals surface area contributed by atoms with Crippen LogP contribution in [0, 0.1) is 0 Å². The van der Waals surface area contributed by atoms with Crippen molar-refractivity contribution in [1.29, 1.82) is 0 Å². The van der Waals surface area contributed by atoms with Crippen LogP contribution in [0.1, 0.15) is 25.7 Å². The van der Waals surface area contributed by atoms with Crippen molar-refractivity contribution >= 4 is 0 Å². The minimum absolute atomic E-state index is 0.587. The molecule has 0 spiro atoms. The first kappa shape index (κ1) is 8.69. The van der Waals surface area contributed by atoms with Crippen LogP contribution in [0.3, 0.4) is 0 Å². The lowest BCUT2D eigenvalue weighted by molar-refractivity contribution is 0.421. The lowest BCUT2D eigenvalue weighted by Crippen LogP contribution is -2.32. The molecular formula is C9H16N4. The van der Waals surface area contributed by atoms with E-state index in [1.54, 1.807) is 12.7 Å². The Bertz CT molecular complexity index is 224. The molecule has 0 saturated carbocycles. The zero-order chi connectivity index (χ0) is 8.93. The second-order valence-corrected chi connectivity index (χ2v) is 3.62. The lowest BCUT2D eigenvalue weighted by atomic mass is 10.1. The Balaban J connectivity index is 1.86. The van der Waals surface area contributed by atoms with Crippen molar-refractivity contribution in [2.24, 2.45) is 0 Å². The van der Waals surface area contributed by atoms with Crippen LogP contribution in [0.2, 0.25) is 0 Å². The third-order valence-electron chi connectivity index (χ3n) is 2.54. The van der Waals surface area contributed by atoms with Crippen LogP contribution >= 0.6 is 0 Å². The van der Waals surface area contributed by atoms with Gasteiger partial charge in [0.25, 0.3) is 0 Å². The van der Waals surface area contributed by atoms with Gasteiger partial charge in [-0.25, -0.2) is 4.98 Å². The van der Waals surface area contributed by atoms with Crippen molar-refractivity contribution in [3.05, 3.63) is 12.7 Å². The van der Waals surface area contributed by atoms with Gasteiger partial charge in [-0.05, 0) is 19.4 Å². The molecule has 72 valence electrons. The summed E-state index contributed by atoms with van der Waals surface area (Å²) >= 11 is 0. The summed E-state index contributed by atoms with van der Waals surface area (Å²) in [7, 11) is 0. The Hall–Kier alpha value is -0.900. The largest absolute Gasteiger partial charge is 0.312 e. The van der Waals surface area contributed by atoms with Crippen LogP contribution in [0.5, 0.6) is 0 Å². The Kier molecular flexibility index (Phi) is 2.92. The van der Waals surface area contributed by atoms with Gasteiger partial charge in [-0.1, -0.05) is 12.8 Å². The van der Waals surface area contributed by atoms with Gasteiger partial charge >= 0.3 is 0 Å². The summed E-state index contributed by atoms with van der Waals surface area (Å²) in [6, 6.07) is 0.587. The summed E-state index contributed by atoms with van der Waals surface area (Å²) in [4.78, 5) is 3.94. The maximum Gasteiger partial charge on any atom is 0.137 e. The Labute approximate surface area is 78.4 Å². The number of hydrogen-bond donors (Lipinski definition) is 1. The van der Waals surface area contributed by atoms with Gasteiger partial charge in [0.05, 0.1) is 6.54 Å². The molecule has 1 atom stereocenters. The quantitative estimate of drug-likeness (QED) is 0.732. The SMILES string of the molecule is c1ncn(CC2CCCCCN2)n1. The molecule has 1 saturated heterocycles. The van der Waals surface area contributed by atoms with Gasteiger partial charge in [0, 0.05) is 6.04 Å². The van der Waals surface area contributed by atoms with Crippen molar-refractivity contribution in [2.75, 3.05) is 6.54 Å². The first-order chi connectivity index (χ1) is 6.45. The zero-order valence-electron chi connectivity index (χ0n) is 7.82. The number of rotatable bonds is 2. The maximum absolute atomic E-state index is 4.11. The fraction of sp³-hybridized carbons (Fsp3) is 0.778. The highest BCUT2D eigenvalue weighted by molar-refractivity contribution is 4.71. The van der Waals surface area contributed by atoms with E-state index >= 15 is 0 Å². The number of nitrogens with zero attached hydrogens (tertiary/aromatic N) is 3. The van der Waals surface area contributed by atoms with Gasteiger partial charge in [-0.3, -0.25) is 4.68 Å². The van der Waals surface area contributed by atoms with E-state index in [0.29, 0.717) is 6.04 Å². The predicted octanol–water partition coefficient (Wildman–Crippen LogP) is 0.810. The lowest BCUT2D eigenvalue weighted by Gasteiger charge is -2.14. The molecular weight excluding hydrogens is 164 g/mol. The van der Waals surface area contributed by atoms with Gasteiger partial charge in [-0.15, -0.1) is 0 Å². The van der Waals surface area contributed by atoms with Crippen LogP contribution < -0.4 is 5.32 Å². The second kappa shape index (κ2) is 4.37. The summed E-state index contributed by atoms with van der Waals surface area (Å²) in [5.74, 6) is 0. The molecule has 0 aliphatic carbocycles. The molecule has 1 aromatic heterocycles. The standard InChI is InChI=1S/C9H16N4/c1-2-4-9(11-5-3-1)6-13-8-10-7-12-13/h7-9,11H,1-6H2. The highest BCUT2D eigenvalue weighted by Gasteiger charge is 2.11. The first-order valence-electron chi connectivity index (χ1n) is 5.01. The van der Waals surface area contributed by atoms with E-state index < -0.39 is 0 Å². The number of nitrogens with one attached hydrogen (secondary N) is 1. The Morgan fingerprint density at radius 3 is 3.23 bits per heavy atom. The fourth-order valence-corrected chi connectivity index (χ4v) is 1.81. The van der Waals surface area contributed by atoms with Crippen molar-refractivity contribution in [3.63, 3.8) is 0 Å². The molecule has 1 unspecified atom stereocenters. The molecule has 4 nitrogen and oxygen atoms in total. The monoisotopic (exact) mass is 180 g/mol. The third kappa shape index (κ3) is 2.52. The summed E-state index contributed by atoms with van der Waals surface area (Å²) in [5.41, 5.74) is 0. The molecule has 0 aromatic carbocycles. The van der Waals surface area contributed by atoms with Crippen LogP contribution in [-0.2, 0) is 6.54 Å². The number of hydrogen-bond acceptors (Lipinski definition) is 3. The zero-order valence-corrected chi connectivity index (χ0v) is 7.82. The minimum Gasteiger partial charge on any atom is -0.312 e. The summed E-state index contributed by atoms with van der Waals surface area (Å²) in [6.45, 7) is 2.11. The molecule has 2 heterocycles. The molecule has 1 N–H and O–H groups in total. The minimum atomic E-state index is 0.587. The van der Waals surface area contributed by atoms with Crippen LogP contribution in [0.4, 0.5) is 0 Å². The molecule has 1 aliphatic heterocycles. The molecule has 2 rings (SSSR count). The van der Waals surface area contributed by atoms with Gasteiger partial charge < -0.3 is 5.32 Å². The summed E-state index contributed by atoms with van der Waals surface area (Å²) < 4.78 is 1.91.